The molecule has 2 aliphatic rings. The minimum Gasteiger partial charge on any atom is -0.493 e. The Morgan fingerprint density at radius 2 is 0.988 bits per heavy atom. The van der Waals surface area contributed by atoms with Crippen molar-refractivity contribution in [2.75, 3.05) is 84.2 Å². The van der Waals surface area contributed by atoms with Crippen molar-refractivity contribution in [3.63, 3.8) is 0 Å². The van der Waals surface area contributed by atoms with Crippen LogP contribution in [0, 0.1) is 11.6 Å². The van der Waals surface area contributed by atoms with E-state index in [2.05, 4.69) is 15.3 Å². The summed E-state index contributed by atoms with van der Waals surface area (Å²) in [6.07, 6.45) is -13.6. The van der Waals surface area contributed by atoms with Crippen molar-refractivity contribution in [3.05, 3.63) is 142 Å². The molecule has 4 aromatic carbocycles. The molecule has 0 radical (unpaired) electrons. The molecule has 15 nitrogen and oxygen atoms in total. The van der Waals surface area contributed by atoms with Crippen molar-refractivity contribution in [2.45, 2.75) is 87.9 Å². The van der Waals surface area contributed by atoms with Gasteiger partial charge in [0.15, 0.2) is 34.6 Å². The summed E-state index contributed by atoms with van der Waals surface area (Å²) >= 11 is 0. The number of carbonyl (C=O) groups excluding carboxylic acids is 2. The fourth-order valence-electron chi connectivity index (χ4n) is 10.7. The summed E-state index contributed by atoms with van der Waals surface area (Å²) in [6, 6.07) is 21.3. The molecule has 452 valence electrons. The Kier molecular flexibility index (Phi) is 19.4. The number of methoxy groups -OCH3 is 2. The third-order valence-electron chi connectivity index (χ3n) is 14.9. The van der Waals surface area contributed by atoms with E-state index in [0.717, 1.165) is 0 Å². The van der Waals surface area contributed by atoms with Gasteiger partial charge in [0.2, 0.25) is 11.2 Å². The summed E-state index contributed by atoms with van der Waals surface area (Å²) < 4.78 is 137. The van der Waals surface area contributed by atoms with Gasteiger partial charge in [0.1, 0.15) is 24.8 Å². The van der Waals surface area contributed by atoms with Crippen LogP contribution in [0.25, 0.3) is 22.5 Å². The molecule has 84 heavy (non-hydrogen) atoms. The van der Waals surface area contributed by atoms with Gasteiger partial charge in [-0.05, 0) is 129 Å². The van der Waals surface area contributed by atoms with E-state index in [4.69, 9.17) is 29.2 Å². The molecule has 3 atom stereocenters. The maximum Gasteiger partial charge on any atom is 0.422 e. The van der Waals surface area contributed by atoms with Crippen molar-refractivity contribution in [1.82, 2.24) is 15.3 Å². The second-order valence-corrected chi connectivity index (χ2v) is 21.4. The number of rotatable bonds is 22. The van der Waals surface area contributed by atoms with Gasteiger partial charge in [-0.15, -0.1) is 0 Å². The standard InChI is InChI=1S/C31H35F4N3O5.C30H32F4N2O5/c1-5-36-29(2)18-38(3)28-22(29)17-26(37-27(28)19-6-9-21(32)10-7-19)30(41,31(33,34)35)13-12-23(40)20-8-11-24(43-15-14-39)25(16-20)42-4;1-28(2)17-36(3)27-21(28)16-25(35-26(27)18-5-8-20(31)9-6-18)29(39,30(32,33)34)12-11-22(38)19-7-10-23(41-14-13-37)24(15-19)40-4/h6-11,16-17,36,39,41H,5,12-15,18H2,1-4H3;5-10,15-16,37,39H,11-14,17H2,1-4H3/t29-,30?;/m1./s1. The van der Waals surface area contributed by atoms with Gasteiger partial charge in [0, 0.05) is 73.3 Å². The Morgan fingerprint density at radius 1 is 0.595 bits per heavy atom. The fraction of sp³-hybridized carbons (Fsp3) is 0.410. The van der Waals surface area contributed by atoms with Crippen LogP contribution in [0.15, 0.2) is 97.1 Å². The van der Waals surface area contributed by atoms with Gasteiger partial charge in [-0.1, -0.05) is 20.8 Å². The molecule has 2 unspecified atom stereocenters. The highest BCUT2D eigenvalue weighted by molar-refractivity contribution is 5.97. The first-order chi connectivity index (χ1) is 39.5. The summed E-state index contributed by atoms with van der Waals surface area (Å²) in [5, 5.41) is 43.9. The molecule has 5 N–H and O–H groups in total. The number of benzene rings is 4. The Morgan fingerprint density at radius 3 is 1.37 bits per heavy atom. The normalized spacial score (nSPS) is 16.9. The zero-order valence-corrected chi connectivity index (χ0v) is 47.6. The SMILES string of the molecule is CCN[C@]1(C)CN(C)c2c1cc(C(O)(CCC(=O)c1ccc(OCCO)c(OC)c1)C(F)(F)F)nc2-c1ccc(F)cc1.COc1cc(C(=O)CCC(O)(c2cc3c(c(-c4ccc(F)cc4)n2)N(C)CC3(C)C)C(F)(F)F)ccc1OCCO. The number of ether oxygens (including phenoxy) is 4. The minimum absolute atomic E-state index is 0.0114. The van der Waals surface area contributed by atoms with Gasteiger partial charge in [0.05, 0.1) is 67.1 Å². The maximum absolute atomic E-state index is 14.8. The van der Waals surface area contributed by atoms with Crippen LogP contribution < -0.4 is 34.1 Å². The number of nitrogens with one attached hydrogen (secondary N) is 1. The predicted molar refractivity (Wildman–Crippen MR) is 298 cm³/mol. The van der Waals surface area contributed by atoms with Gasteiger partial charge >= 0.3 is 12.4 Å². The number of fused-ring (bicyclic) bond motifs is 2. The molecule has 0 saturated heterocycles. The van der Waals surface area contributed by atoms with Crippen molar-refractivity contribution < 1.29 is 84.1 Å². The molecule has 4 heterocycles. The summed E-state index contributed by atoms with van der Waals surface area (Å²) in [5.41, 5.74) is -6.10. The van der Waals surface area contributed by atoms with E-state index in [-0.39, 0.29) is 71.9 Å². The second kappa shape index (κ2) is 25.4. The Balaban J connectivity index is 0.000000241. The lowest BCUT2D eigenvalue weighted by atomic mass is 9.83. The number of hydrogen-bond donors (Lipinski definition) is 5. The van der Waals surface area contributed by atoms with Crippen molar-refractivity contribution in [1.29, 1.82) is 0 Å². The molecule has 6 aromatic rings. The van der Waals surface area contributed by atoms with Gasteiger partial charge in [-0.3, -0.25) is 9.59 Å². The molecule has 0 amide bonds. The molecule has 0 spiro atoms. The summed E-state index contributed by atoms with van der Waals surface area (Å²) in [4.78, 5) is 38.5. The third kappa shape index (κ3) is 13.2. The van der Waals surface area contributed by atoms with Crippen LogP contribution in [0.5, 0.6) is 23.0 Å². The van der Waals surface area contributed by atoms with Crippen LogP contribution in [-0.2, 0) is 22.2 Å². The van der Waals surface area contributed by atoms with Crippen LogP contribution in [-0.4, -0.2) is 129 Å². The topological polar surface area (TPSA) is 196 Å². The van der Waals surface area contributed by atoms with Crippen LogP contribution in [0.3, 0.4) is 0 Å². The number of carbonyl (C=O) groups is 2. The largest absolute Gasteiger partial charge is 0.493 e. The molecular formula is C61H67F8N5O10. The van der Waals surface area contributed by atoms with Gasteiger partial charge < -0.3 is 54.5 Å². The molecule has 2 aliphatic heterocycles. The van der Waals surface area contributed by atoms with E-state index >= 15 is 0 Å². The van der Waals surface area contributed by atoms with Gasteiger partial charge in [0.25, 0.3) is 0 Å². The van der Waals surface area contributed by atoms with E-state index in [1.54, 1.807) is 14.1 Å². The molecular weight excluding hydrogens is 1110 g/mol. The number of halogens is 8. The predicted octanol–water partition coefficient (Wildman–Crippen LogP) is 10.4. The number of likely N-dealkylation sites (N-methyl/N-ethyl adjacent to an activating group) is 3. The first-order valence-corrected chi connectivity index (χ1v) is 26.8. The molecule has 0 bridgehead atoms. The maximum atomic E-state index is 14.8. The minimum atomic E-state index is -5.19. The first-order valence-electron chi connectivity index (χ1n) is 26.8. The summed E-state index contributed by atoms with van der Waals surface area (Å²) in [7, 11) is 6.27. The average molecular weight is 1180 g/mol. The van der Waals surface area contributed by atoms with Crippen molar-refractivity contribution in [2.24, 2.45) is 0 Å². The highest BCUT2D eigenvalue weighted by atomic mass is 19.4. The number of ketones is 2. The molecule has 23 heteroatoms. The fourth-order valence-corrected chi connectivity index (χ4v) is 10.7. The Bertz CT molecular complexity index is 3330. The van der Waals surface area contributed by atoms with E-state index < -0.39 is 94.8 Å². The van der Waals surface area contributed by atoms with E-state index in [1.165, 1.54) is 111 Å². The van der Waals surface area contributed by atoms with Crippen LogP contribution >= 0.6 is 0 Å². The summed E-state index contributed by atoms with van der Waals surface area (Å²) in [6.45, 7) is 8.41. The summed E-state index contributed by atoms with van der Waals surface area (Å²) in [5.74, 6) is -1.49. The average Bonchev–Trinajstić information content (AvgIpc) is 1.84. The number of anilines is 2. The number of nitrogens with zero attached hydrogens (tertiary/aromatic N) is 4. The number of alkyl halides is 6. The van der Waals surface area contributed by atoms with E-state index in [1.807, 2.05) is 37.5 Å². The lowest BCUT2D eigenvalue weighted by molar-refractivity contribution is -0.270. The molecule has 2 aromatic heterocycles. The molecule has 0 fully saturated rings. The Hall–Kier alpha value is -7.44. The number of aromatic nitrogens is 2. The van der Waals surface area contributed by atoms with Gasteiger partial charge in [-0.2, -0.15) is 26.3 Å². The Labute approximate surface area is 480 Å². The lowest BCUT2D eigenvalue weighted by Gasteiger charge is -2.32. The highest BCUT2D eigenvalue weighted by Gasteiger charge is 2.58. The third-order valence-corrected chi connectivity index (χ3v) is 14.9. The molecule has 0 aliphatic carbocycles. The monoisotopic (exact) mass is 1180 g/mol. The van der Waals surface area contributed by atoms with E-state index in [0.29, 0.717) is 53.3 Å². The number of Topliss-reactive ketones (excluding diaryl/α,β-unsaturated/α-hetero) is 2. The number of pyridine rings is 2. The molecule has 0 saturated carbocycles. The number of aliphatic hydroxyl groups excluding tert-OH is 2. The smallest absolute Gasteiger partial charge is 0.422 e. The van der Waals surface area contributed by atoms with Crippen LogP contribution in [0.1, 0.15) is 96.6 Å². The zero-order chi connectivity index (χ0) is 61.7. The van der Waals surface area contributed by atoms with Crippen molar-refractivity contribution in [3.8, 4) is 45.5 Å². The number of aliphatic hydroxyl groups is 4. The molecule has 8 rings (SSSR count). The number of hydrogen-bond acceptors (Lipinski definition) is 15. The zero-order valence-electron chi connectivity index (χ0n) is 47.6. The van der Waals surface area contributed by atoms with E-state index in [9.17, 15) is 54.9 Å². The van der Waals surface area contributed by atoms with Gasteiger partial charge in [-0.25, -0.2) is 18.7 Å². The van der Waals surface area contributed by atoms with Crippen LogP contribution in [0.2, 0.25) is 0 Å². The highest BCUT2D eigenvalue weighted by Crippen LogP contribution is 2.51. The second-order valence-electron chi connectivity index (χ2n) is 21.4. The quantitative estimate of drug-likeness (QED) is 0.0318. The lowest BCUT2D eigenvalue weighted by Crippen LogP contribution is -2.45. The first kappa shape index (κ1) is 64.1. The van der Waals surface area contributed by atoms with Crippen molar-refractivity contribution >= 4 is 22.9 Å². The van der Waals surface area contributed by atoms with Crippen LogP contribution in [0.4, 0.5) is 46.5 Å².